The fourth-order valence-electron chi connectivity index (χ4n) is 2.06. The second kappa shape index (κ2) is 5.57. The molecule has 22 heavy (non-hydrogen) atoms. The number of hydrogen-bond donors (Lipinski definition) is 1. The molecule has 0 atom stereocenters. The van der Waals surface area contributed by atoms with Crippen molar-refractivity contribution in [1.82, 2.24) is 9.38 Å². The van der Waals surface area contributed by atoms with E-state index in [4.69, 9.17) is 5.11 Å². The van der Waals surface area contributed by atoms with Crippen LogP contribution < -0.4 is 5.56 Å². The van der Waals surface area contributed by atoms with Crippen LogP contribution in [0.15, 0.2) is 41.3 Å². The second-order valence-corrected chi connectivity index (χ2v) is 5.83. The Kier molecular flexibility index (Phi) is 3.60. The van der Waals surface area contributed by atoms with Crippen LogP contribution in [0.25, 0.3) is 17.1 Å². The molecule has 5 nitrogen and oxygen atoms in total. The standard InChI is InChI=1S/C16H12N2O3S/c1-10-3-2-4-11(7-10)5-6-12-8-14(19)18-9-13(15(20)21)22-16(18)17-12/h2-9H,1H3,(H,20,21)/b6-5+. The van der Waals surface area contributed by atoms with E-state index in [1.54, 1.807) is 6.08 Å². The first-order valence-corrected chi connectivity index (χ1v) is 7.36. The molecule has 0 amide bonds. The lowest BCUT2D eigenvalue weighted by molar-refractivity contribution is 0.0702. The van der Waals surface area contributed by atoms with Gasteiger partial charge in [-0.2, -0.15) is 0 Å². The molecular weight excluding hydrogens is 300 g/mol. The molecule has 0 bridgehead atoms. The first-order valence-electron chi connectivity index (χ1n) is 6.54. The van der Waals surface area contributed by atoms with E-state index >= 15 is 0 Å². The summed E-state index contributed by atoms with van der Waals surface area (Å²) in [7, 11) is 0. The van der Waals surface area contributed by atoms with E-state index in [0.29, 0.717) is 10.7 Å². The van der Waals surface area contributed by atoms with E-state index < -0.39 is 5.97 Å². The lowest BCUT2D eigenvalue weighted by atomic mass is 10.1. The molecule has 0 radical (unpaired) electrons. The third-order valence-corrected chi connectivity index (χ3v) is 4.06. The number of hydrogen-bond acceptors (Lipinski definition) is 4. The summed E-state index contributed by atoms with van der Waals surface area (Å²) in [4.78, 5) is 27.7. The number of aromatic carboxylic acids is 1. The molecule has 3 aromatic rings. The summed E-state index contributed by atoms with van der Waals surface area (Å²) in [6, 6.07) is 9.34. The van der Waals surface area contributed by atoms with E-state index in [-0.39, 0.29) is 10.4 Å². The minimum absolute atomic E-state index is 0.0874. The summed E-state index contributed by atoms with van der Waals surface area (Å²) in [5, 5.41) is 8.98. The van der Waals surface area contributed by atoms with Gasteiger partial charge in [0.1, 0.15) is 4.88 Å². The van der Waals surface area contributed by atoms with Crippen LogP contribution >= 0.6 is 11.3 Å². The Morgan fingerprint density at radius 3 is 2.86 bits per heavy atom. The topological polar surface area (TPSA) is 71.7 Å². The van der Waals surface area contributed by atoms with E-state index in [1.807, 2.05) is 37.3 Å². The highest BCUT2D eigenvalue weighted by Crippen LogP contribution is 2.15. The van der Waals surface area contributed by atoms with Crippen molar-refractivity contribution in [3.05, 3.63) is 68.6 Å². The number of aromatic nitrogens is 2. The molecule has 6 heteroatoms. The molecule has 0 aliphatic rings. The minimum Gasteiger partial charge on any atom is -0.477 e. The van der Waals surface area contributed by atoms with Crippen LogP contribution in [0, 0.1) is 6.92 Å². The van der Waals surface area contributed by atoms with Crippen molar-refractivity contribution in [3.8, 4) is 0 Å². The first-order chi connectivity index (χ1) is 10.5. The van der Waals surface area contributed by atoms with E-state index in [1.165, 1.54) is 16.7 Å². The van der Waals surface area contributed by atoms with Gasteiger partial charge in [-0.15, -0.1) is 0 Å². The third-order valence-electron chi connectivity index (χ3n) is 3.09. The van der Waals surface area contributed by atoms with Gasteiger partial charge < -0.3 is 5.11 Å². The number of carbonyl (C=O) groups is 1. The summed E-state index contributed by atoms with van der Waals surface area (Å²) < 4.78 is 1.25. The van der Waals surface area contributed by atoms with Crippen LogP contribution in [0.2, 0.25) is 0 Å². The zero-order valence-corrected chi connectivity index (χ0v) is 12.5. The fraction of sp³-hybridized carbons (Fsp3) is 0.0625. The summed E-state index contributed by atoms with van der Waals surface area (Å²) in [5.41, 5.74) is 2.37. The first kappa shape index (κ1) is 14.2. The monoisotopic (exact) mass is 312 g/mol. The van der Waals surface area contributed by atoms with Crippen molar-refractivity contribution in [2.75, 3.05) is 0 Å². The van der Waals surface area contributed by atoms with Gasteiger partial charge >= 0.3 is 5.97 Å². The lowest BCUT2D eigenvalue weighted by Crippen LogP contribution is -2.11. The van der Waals surface area contributed by atoms with Crippen molar-refractivity contribution in [2.24, 2.45) is 0 Å². The van der Waals surface area contributed by atoms with Crippen molar-refractivity contribution in [3.63, 3.8) is 0 Å². The quantitative estimate of drug-likeness (QED) is 0.807. The predicted octanol–water partition coefficient (Wildman–Crippen LogP) is 2.93. The van der Waals surface area contributed by atoms with Crippen molar-refractivity contribution < 1.29 is 9.90 Å². The predicted molar refractivity (Wildman–Crippen MR) is 86.4 cm³/mol. The molecule has 0 aliphatic carbocycles. The molecule has 0 saturated carbocycles. The van der Waals surface area contributed by atoms with Gasteiger partial charge in [-0.3, -0.25) is 9.20 Å². The average Bonchev–Trinajstić information content (AvgIpc) is 2.90. The Morgan fingerprint density at radius 2 is 2.14 bits per heavy atom. The number of nitrogens with zero attached hydrogens (tertiary/aromatic N) is 2. The van der Waals surface area contributed by atoms with Crippen LogP contribution in [0.3, 0.4) is 0 Å². The number of aryl methyl sites for hydroxylation is 1. The average molecular weight is 312 g/mol. The zero-order chi connectivity index (χ0) is 15.7. The summed E-state index contributed by atoms with van der Waals surface area (Å²) in [6.45, 7) is 2.01. The van der Waals surface area contributed by atoms with Gasteiger partial charge in [-0.1, -0.05) is 47.2 Å². The highest BCUT2D eigenvalue weighted by molar-refractivity contribution is 7.18. The van der Waals surface area contributed by atoms with Crippen LogP contribution in [-0.2, 0) is 0 Å². The largest absolute Gasteiger partial charge is 0.477 e. The van der Waals surface area contributed by atoms with Gasteiger partial charge in [-0.05, 0) is 18.6 Å². The number of thiazole rings is 1. The van der Waals surface area contributed by atoms with Crippen LogP contribution in [0.1, 0.15) is 26.5 Å². The maximum Gasteiger partial charge on any atom is 0.347 e. The van der Waals surface area contributed by atoms with Crippen LogP contribution in [0.4, 0.5) is 0 Å². The van der Waals surface area contributed by atoms with Gasteiger partial charge in [0.25, 0.3) is 5.56 Å². The van der Waals surface area contributed by atoms with Gasteiger partial charge in [-0.25, -0.2) is 9.78 Å². The zero-order valence-electron chi connectivity index (χ0n) is 11.7. The van der Waals surface area contributed by atoms with Crippen molar-refractivity contribution in [2.45, 2.75) is 6.92 Å². The normalized spacial score (nSPS) is 11.3. The molecule has 2 aromatic heterocycles. The molecular formula is C16H12N2O3S. The summed E-state index contributed by atoms with van der Waals surface area (Å²) in [6.07, 6.45) is 4.92. The van der Waals surface area contributed by atoms with E-state index in [2.05, 4.69) is 4.98 Å². The molecule has 0 fully saturated rings. The van der Waals surface area contributed by atoms with Gasteiger partial charge in [0.15, 0.2) is 4.96 Å². The molecule has 1 N–H and O–H groups in total. The molecule has 0 unspecified atom stereocenters. The molecule has 0 saturated heterocycles. The highest BCUT2D eigenvalue weighted by Gasteiger charge is 2.11. The Labute approximate surface area is 129 Å². The number of benzene rings is 1. The van der Waals surface area contributed by atoms with Crippen LogP contribution in [-0.4, -0.2) is 20.5 Å². The van der Waals surface area contributed by atoms with Gasteiger partial charge in [0, 0.05) is 12.3 Å². The van der Waals surface area contributed by atoms with Crippen LogP contribution in [0.5, 0.6) is 0 Å². The molecule has 1 aromatic carbocycles. The number of carboxylic acid groups (broad SMARTS) is 1. The summed E-state index contributed by atoms with van der Waals surface area (Å²) >= 11 is 0.976. The van der Waals surface area contributed by atoms with Gasteiger partial charge in [0.2, 0.25) is 0 Å². The van der Waals surface area contributed by atoms with Crippen molar-refractivity contribution in [1.29, 1.82) is 0 Å². The maximum atomic E-state index is 12.0. The Bertz CT molecular complexity index is 953. The fourth-order valence-corrected chi connectivity index (χ4v) is 2.89. The highest BCUT2D eigenvalue weighted by atomic mass is 32.1. The second-order valence-electron chi connectivity index (χ2n) is 4.82. The smallest absolute Gasteiger partial charge is 0.347 e. The molecule has 0 spiro atoms. The Hall–Kier alpha value is -2.73. The molecule has 0 aliphatic heterocycles. The molecule has 110 valence electrons. The van der Waals surface area contributed by atoms with E-state index in [9.17, 15) is 9.59 Å². The van der Waals surface area contributed by atoms with Crippen molar-refractivity contribution >= 4 is 34.4 Å². The Morgan fingerprint density at radius 1 is 1.32 bits per heavy atom. The lowest BCUT2D eigenvalue weighted by Gasteiger charge is -1.97. The maximum absolute atomic E-state index is 12.0. The number of fused-ring (bicyclic) bond motifs is 1. The molecule has 3 rings (SSSR count). The minimum atomic E-state index is -1.06. The van der Waals surface area contributed by atoms with Gasteiger partial charge in [0.05, 0.1) is 5.69 Å². The van der Waals surface area contributed by atoms with E-state index in [0.717, 1.165) is 22.5 Å². The third kappa shape index (κ3) is 2.82. The summed E-state index contributed by atoms with van der Waals surface area (Å²) in [5.74, 6) is -1.06. The number of rotatable bonds is 3. The molecule has 2 heterocycles. The number of carboxylic acids is 1. The SMILES string of the molecule is Cc1cccc(/C=C/c2cc(=O)n3cc(C(=O)O)sc3n2)c1. The Balaban J connectivity index is 2.01.